The Morgan fingerprint density at radius 1 is 0.944 bits per heavy atom. The third-order valence-electron chi connectivity index (χ3n) is 6.90. The first-order valence-electron chi connectivity index (χ1n) is 8.20. The molecule has 18 heavy (non-hydrogen) atoms. The molecule has 6 atom stereocenters. The van der Waals surface area contributed by atoms with Crippen LogP contribution < -0.4 is 0 Å². The predicted molar refractivity (Wildman–Crippen MR) is 87.4 cm³/mol. The number of hydrogen-bond donors (Lipinski definition) is 0. The zero-order valence-electron chi connectivity index (χ0n) is 11.7. The maximum Gasteiger partial charge on any atom is -0.00155 e. The zero-order chi connectivity index (χ0) is 12.2. The highest BCUT2D eigenvalue weighted by Gasteiger charge is 2.51. The van der Waals surface area contributed by atoms with E-state index in [1.807, 2.05) is 0 Å². The highest BCUT2D eigenvalue weighted by Crippen LogP contribution is 2.59. The predicted octanol–water partition coefficient (Wildman–Crippen LogP) is 5.02. The van der Waals surface area contributed by atoms with Gasteiger partial charge in [-0.3, -0.25) is 0 Å². The van der Waals surface area contributed by atoms with Crippen LogP contribution in [0.3, 0.4) is 0 Å². The standard InChI is InChI=1S/C17H27I/c1-17-9-8-14-13-5-3-2-4-12(13)6-7-15(14)16(17)10-18-11-17/h11-16H,2-10H2,1H3/t12?,13-,14+,15+,16-,17+/m0/s1. The topological polar surface area (TPSA) is 0 Å². The van der Waals surface area contributed by atoms with Gasteiger partial charge in [-0.15, -0.1) is 20.7 Å². The maximum atomic E-state index is 2.81. The summed E-state index contributed by atoms with van der Waals surface area (Å²) < 4.78 is 4.44. The Kier molecular flexibility index (Phi) is 3.13. The molecule has 0 radical (unpaired) electrons. The van der Waals surface area contributed by atoms with Gasteiger partial charge in [0.05, 0.1) is 0 Å². The van der Waals surface area contributed by atoms with E-state index in [0.717, 1.165) is 29.6 Å². The SMILES string of the molecule is C[C@@]12C=IC[C@H]1[C@@H]1CCC3CCCC[C@@H]3[C@H]1CC2. The van der Waals surface area contributed by atoms with Crippen LogP contribution in [-0.2, 0) is 0 Å². The highest BCUT2D eigenvalue weighted by atomic mass is 127. The normalized spacial score (nSPS) is 55.1. The molecule has 0 N–H and O–H groups in total. The molecule has 1 unspecified atom stereocenters. The van der Waals surface area contributed by atoms with Gasteiger partial charge in [0.25, 0.3) is 0 Å². The Hall–Kier alpha value is 0.600. The summed E-state index contributed by atoms with van der Waals surface area (Å²) in [7, 11) is 0. The second-order valence-corrected chi connectivity index (χ2v) is 10.1. The van der Waals surface area contributed by atoms with Crippen molar-refractivity contribution >= 4 is 24.7 Å². The summed E-state index contributed by atoms with van der Waals surface area (Å²) in [5.74, 6) is 5.70. The molecule has 3 fully saturated rings. The van der Waals surface area contributed by atoms with Gasteiger partial charge >= 0.3 is 0 Å². The molecule has 0 amide bonds. The molecular formula is C17H27I. The molecule has 1 heteroatoms. The highest BCUT2D eigenvalue weighted by molar-refractivity contribution is 14.2. The lowest BCUT2D eigenvalue weighted by Crippen LogP contribution is -2.48. The number of alkyl halides is 1. The summed E-state index contributed by atoms with van der Waals surface area (Å²) in [5.41, 5.74) is 0.690. The summed E-state index contributed by atoms with van der Waals surface area (Å²) in [6.07, 6.45) is 12.6. The number of rotatable bonds is 0. The molecule has 0 aromatic rings. The average Bonchev–Trinajstić information content (AvgIpc) is 2.80. The van der Waals surface area contributed by atoms with Crippen LogP contribution in [0.5, 0.6) is 0 Å². The van der Waals surface area contributed by atoms with Crippen LogP contribution in [0.15, 0.2) is 0 Å². The molecule has 1 aliphatic heterocycles. The zero-order valence-corrected chi connectivity index (χ0v) is 13.9. The summed E-state index contributed by atoms with van der Waals surface area (Å²) in [6, 6.07) is 0. The third kappa shape index (κ3) is 1.78. The lowest BCUT2D eigenvalue weighted by atomic mass is 9.51. The van der Waals surface area contributed by atoms with Gasteiger partial charge in [0, 0.05) is 0 Å². The van der Waals surface area contributed by atoms with Gasteiger partial charge < -0.3 is 0 Å². The Bertz CT molecular complexity index is 361. The van der Waals surface area contributed by atoms with Crippen LogP contribution in [0.4, 0.5) is 0 Å². The van der Waals surface area contributed by atoms with Gasteiger partial charge in [-0.2, -0.15) is 0 Å². The van der Waals surface area contributed by atoms with E-state index in [1.165, 1.54) is 0 Å². The van der Waals surface area contributed by atoms with Gasteiger partial charge in [0.15, 0.2) is 0 Å². The van der Waals surface area contributed by atoms with Crippen molar-refractivity contribution in [3.05, 3.63) is 0 Å². The second-order valence-electron chi connectivity index (χ2n) is 7.68. The van der Waals surface area contributed by atoms with Crippen molar-refractivity contribution in [2.45, 2.75) is 58.3 Å². The Morgan fingerprint density at radius 2 is 1.83 bits per heavy atom. The Labute approximate surface area is 122 Å². The average molecular weight is 358 g/mol. The maximum absolute atomic E-state index is 2.81. The molecule has 3 saturated carbocycles. The minimum Gasteiger partial charge on any atom is -0.126 e. The van der Waals surface area contributed by atoms with Crippen LogP contribution in [-0.4, -0.2) is 8.44 Å². The van der Waals surface area contributed by atoms with E-state index >= 15 is 0 Å². The molecule has 0 aromatic carbocycles. The largest absolute Gasteiger partial charge is 0.126 e. The fraction of sp³-hybridized carbons (Fsp3) is 0.941. The quantitative estimate of drug-likeness (QED) is 0.421. The van der Waals surface area contributed by atoms with Gasteiger partial charge in [-0.1, -0.05) is 26.2 Å². The Balaban J connectivity index is 1.59. The summed E-state index contributed by atoms with van der Waals surface area (Å²) in [4.78, 5) is 0. The van der Waals surface area contributed by atoms with E-state index in [9.17, 15) is 0 Å². The fourth-order valence-corrected chi connectivity index (χ4v) is 10.2. The first kappa shape index (κ1) is 12.3. The molecule has 0 bridgehead atoms. The number of hydrogen-bond acceptors (Lipinski definition) is 0. The molecule has 102 valence electrons. The summed E-state index contributed by atoms with van der Waals surface area (Å²) >= 11 is 0.460. The van der Waals surface area contributed by atoms with Crippen LogP contribution in [0, 0.1) is 35.0 Å². The molecule has 0 nitrogen and oxygen atoms in total. The van der Waals surface area contributed by atoms with Crippen molar-refractivity contribution in [2.24, 2.45) is 35.0 Å². The van der Waals surface area contributed by atoms with Crippen molar-refractivity contribution in [1.29, 1.82) is 0 Å². The van der Waals surface area contributed by atoms with Crippen molar-refractivity contribution in [3.8, 4) is 0 Å². The van der Waals surface area contributed by atoms with E-state index < -0.39 is 0 Å². The van der Waals surface area contributed by atoms with Crippen LogP contribution in [0.25, 0.3) is 0 Å². The van der Waals surface area contributed by atoms with E-state index in [4.69, 9.17) is 0 Å². The van der Waals surface area contributed by atoms with E-state index in [2.05, 4.69) is 10.9 Å². The van der Waals surface area contributed by atoms with Gasteiger partial charge in [0.2, 0.25) is 0 Å². The second kappa shape index (κ2) is 4.56. The minimum absolute atomic E-state index is 0.460. The van der Waals surface area contributed by atoms with E-state index in [0.29, 0.717) is 26.1 Å². The molecule has 0 saturated heterocycles. The lowest BCUT2D eigenvalue weighted by molar-refractivity contribution is -0.0281. The third-order valence-corrected chi connectivity index (χ3v) is 10.2. The van der Waals surface area contributed by atoms with Crippen molar-refractivity contribution in [3.63, 3.8) is 0 Å². The van der Waals surface area contributed by atoms with Crippen LogP contribution in [0.2, 0.25) is 0 Å². The van der Waals surface area contributed by atoms with Gasteiger partial charge in [-0.25, -0.2) is 0 Å². The Morgan fingerprint density at radius 3 is 2.78 bits per heavy atom. The van der Waals surface area contributed by atoms with E-state index in [1.54, 1.807) is 55.8 Å². The molecule has 1 heterocycles. The fourth-order valence-electron chi connectivity index (χ4n) is 5.92. The molecule has 0 spiro atoms. The van der Waals surface area contributed by atoms with Crippen molar-refractivity contribution in [1.82, 2.24) is 0 Å². The molecule has 4 aliphatic rings. The van der Waals surface area contributed by atoms with E-state index in [-0.39, 0.29) is 0 Å². The minimum atomic E-state index is 0.460. The van der Waals surface area contributed by atoms with Gasteiger partial charge in [0.1, 0.15) is 0 Å². The summed E-state index contributed by atoms with van der Waals surface area (Å²) in [5, 5.41) is 0. The van der Waals surface area contributed by atoms with Gasteiger partial charge in [-0.05, 0) is 75.5 Å². The van der Waals surface area contributed by atoms with Crippen LogP contribution in [0.1, 0.15) is 58.3 Å². The molecule has 4 rings (SSSR count). The first-order valence-corrected chi connectivity index (χ1v) is 11.0. The van der Waals surface area contributed by atoms with Crippen LogP contribution >= 0.6 is 20.7 Å². The smallest absolute Gasteiger partial charge is 0.00155 e. The molecule has 3 aliphatic carbocycles. The molecular weight excluding hydrogens is 331 g/mol. The van der Waals surface area contributed by atoms with Crippen molar-refractivity contribution < 1.29 is 0 Å². The summed E-state index contributed by atoms with van der Waals surface area (Å²) in [6.45, 7) is 2.60. The molecule has 0 aromatic heterocycles. The lowest BCUT2D eigenvalue weighted by Gasteiger charge is -2.54. The monoisotopic (exact) mass is 358 g/mol. The number of halogens is 1. The first-order chi connectivity index (χ1) is 8.78. The number of fused-ring (bicyclic) bond motifs is 5. The van der Waals surface area contributed by atoms with Crippen molar-refractivity contribution in [2.75, 3.05) is 4.43 Å².